The van der Waals surface area contributed by atoms with Crippen molar-refractivity contribution in [1.82, 2.24) is 4.90 Å². The number of ether oxygens (including phenoxy) is 2. The number of hydrogen-bond acceptors (Lipinski definition) is 7. The Morgan fingerprint density at radius 1 is 1.08 bits per heavy atom. The van der Waals surface area contributed by atoms with Crippen molar-refractivity contribution in [3.05, 3.63) is 53.6 Å². The predicted octanol–water partition coefficient (Wildman–Crippen LogP) is 5.61. The lowest BCUT2D eigenvalue weighted by Crippen LogP contribution is -2.44. The van der Waals surface area contributed by atoms with E-state index >= 15 is 0 Å². The third kappa shape index (κ3) is 5.23. The molecule has 2 aromatic rings. The lowest BCUT2D eigenvalue weighted by atomic mass is 9.90. The van der Waals surface area contributed by atoms with Gasteiger partial charge in [0.2, 0.25) is 0 Å². The summed E-state index contributed by atoms with van der Waals surface area (Å²) in [6, 6.07) is 8.00. The van der Waals surface area contributed by atoms with Crippen molar-refractivity contribution in [3.63, 3.8) is 0 Å². The zero-order valence-corrected chi connectivity index (χ0v) is 21.1. The highest BCUT2D eigenvalue weighted by molar-refractivity contribution is 7.98. The van der Waals surface area contributed by atoms with E-state index < -0.39 is 46.7 Å². The van der Waals surface area contributed by atoms with Crippen LogP contribution < -0.4 is 15.4 Å². The van der Waals surface area contributed by atoms with Crippen molar-refractivity contribution < 1.29 is 37.0 Å². The number of nitrogens with two attached hydrogens (primary N) is 1. The smallest absolute Gasteiger partial charge is 0.428 e. The minimum Gasteiger partial charge on any atom is -0.428 e. The Morgan fingerprint density at radius 3 is 2.22 bits per heavy atom. The first kappa shape index (κ1) is 27.2. The van der Waals surface area contributed by atoms with Gasteiger partial charge in [0.1, 0.15) is 16.9 Å². The molecule has 0 aliphatic carbocycles. The molecule has 36 heavy (non-hydrogen) atoms. The van der Waals surface area contributed by atoms with Crippen LogP contribution in [-0.4, -0.2) is 40.7 Å². The molecule has 2 N–H and O–H groups in total. The van der Waals surface area contributed by atoms with Gasteiger partial charge < -0.3 is 15.2 Å². The number of thioether (sulfide) groups is 1. The van der Waals surface area contributed by atoms with Crippen LogP contribution in [0.2, 0.25) is 0 Å². The van der Waals surface area contributed by atoms with Gasteiger partial charge in [-0.05, 0) is 69.8 Å². The summed E-state index contributed by atoms with van der Waals surface area (Å²) >= 11 is 1.27. The van der Waals surface area contributed by atoms with Crippen molar-refractivity contribution >= 4 is 41.2 Å². The summed E-state index contributed by atoms with van der Waals surface area (Å²) in [4.78, 5) is 40.9. The number of carbonyl (C=O) groups is 3. The maximum absolute atomic E-state index is 13.6. The standard InChI is InChI=1S/C24H26F3N3O5S/c1-22(2,3)35-21(33)34-16-9-6-14(7-10-16)23(4)19(31)30(20(32)29(23)13-36-5)15-8-11-18(28)17(12-15)24(25,26)27/h6-12H,13,28H2,1-5H3. The summed E-state index contributed by atoms with van der Waals surface area (Å²) in [6.45, 7) is 6.57. The zero-order valence-electron chi connectivity index (χ0n) is 20.3. The number of amides is 3. The van der Waals surface area contributed by atoms with Crippen molar-refractivity contribution in [2.75, 3.05) is 22.8 Å². The Balaban J connectivity index is 1.98. The van der Waals surface area contributed by atoms with E-state index in [2.05, 4.69) is 0 Å². The molecule has 0 saturated carbocycles. The summed E-state index contributed by atoms with van der Waals surface area (Å²) in [6.07, 6.45) is -3.95. The van der Waals surface area contributed by atoms with E-state index in [0.717, 1.165) is 11.0 Å². The molecule has 3 amide bonds. The summed E-state index contributed by atoms with van der Waals surface area (Å²) in [5.74, 6) is -0.496. The normalized spacial score (nSPS) is 18.6. The second-order valence-corrected chi connectivity index (χ2v) is 10.0. The maximum Gasteiger partial charge on any atom is 0.514 e. The molecule has 0 radical (unpaired) electrons. The third-order valence-electron chi connectivity index (χ3n) is 5.45. The summed E-state index contributed by atoms with van der Waals surface area (Å²) in [5, 5.41) is 0. The van der Waals surface area contributed by atoms with Crippen molar-refractivity contribution in [1.29, 1.82) is 0 Å². The van der Waals surface area contributed by atoms with Gasteiger partial charge >= 0.3 is 18.4 Å². The van der Waals surface area contributed by atoms with Crippen LogP contribution in [0.4, 0.5) is 34.1 Å². The second-order valence-electron chi connectivity index (χ2n) is 9.20. The number of nitrogens with zero attached hydrogens (tertiary/aromatic N) is 2. The van der Waals surface area contributed by atoms with Gasteiger partial charge in [-0.15, -0.1) is 11.8 Å². The molecule has 0 spiro atoms. The van der Waals surface area contributed by atoms with Gasteiger partial charge in [-0.25, -0.2) is 14.5 Å². The van der Waals surface area contributed by atoms with Gasteiger partial charge in [-0.1, -0.05) is 12.1 Å². The first-order valence-corrected chi connectivity index (χ1v) is 12.1. The van der Waals surface area contributed by atoms with E-state index in [0.29, 0.717) is 11.6 Å². The fourth-order valence-corrected chi connectivity index (χ4v) is 4.32. The van der Waals surface area contributed by atoms with E-state index in [-0.39, 0.29) is 17.3 Å². The van der Waals surface area contributed by atoms with Crippen molar-refractivity contribution in [2.24, 2.45) is 0 Å². The maximum atomic E-state index is 13.6. The Kier molecular flexibility index (Phi) is 7.22. The lowest BCUT2D eigenvalue weighted by Gasteiger charge is -2.31. The van der Waals surface area contributed by atoms with E-state index in [9.17, 15) is 27.6 Å². The monoisotopic (exact) mass is 525 g/mol. The van der Waals surface area contributed by atoms with Crippen LogP contribution in [0, 0.1) is 0 Å². The number of urea groups is 1. The summed E-state index contributed by atoms with van der Waals surface area (Å²) < 4.78 is 50.5. The Bertz CT molecular complexity index is 1180. The molecule has 1 unspecified atom stereocenters. The molecule has 8 nitrogen and oxygen atoms in total. The average Bonchev–Trinajstić information content (AvgIpc) is 2.94. The van der Waals surface area contributed by atoms with Gasteiger partial charge in [0.05, 0.1) is 17.1 Å². The SMILES string of the molecule is CSCN1C(=O)N(c2ccc(N)c(C(F)(F)F)c2)C(=O)C1(C)c1ccc(OC(=O)OC(C)(C)C)cc1. The van der Waals surface area contributed by atoms with Crippen LogP contribution in [0.3, 0.4) is 0 Å². The number of rotatable bonds is 5. The molecule has 12 heteroatoms. The molecule has 194 valence electrons. The molecule has 1 atom stereocenters. The molecular formula is C24H26F3N3O5S. The number of halogens is 3. The second kappa shape index (κ2) is 9.57. The van der Waals surface area contributed by atoms with Crippen molar-refractivity contribution in [2.45, 2.75) is 45.0 Å². The Labute approximate surface area is 210 Å². The molecule has 3 rings (SSSR count). The fourth-order valence-electron chi connectivity index (χ4n) is 3.70. The number of imide groups is 1. The number of anilines is 2. The minimum absolute atomic E-state index is 0.0921. The molecule has 1 heterocycles. The fraction of sp³-hybridized carbons (Fsp3) is 0.375. The highest BCUT2D eigenvalue weighted by Gasteiger charge is 2.56. The third-order valence-corrected chi connectivity index (χ3v) is 5.96. The highest BCUT2D eigenvalue weighted by atomic mass is 32.2. The van der Waals surface area contributed by atoms with Crippen molar-refractivity contribution in [3.8, 4) is 5.75 Å². The van der Waals surface area contributed by atoms with Gasteiger partial charge in [0, 0.05) is 5.69 Å². The van der Waals surface area contributed by atoms with Gasteiger partial charge in [0.15, 0.2) is 0 Å². The molecule has 1 aliphatic heterocycles. The molecule has 0 aromatic heterocycles. The molecule has 1 saturated heterocycles. The van der Waals surface area contributed by atoms with Crippen LogP contribution in [0.15, 0.2) is 42.5 Å². The molecule has 2 aromatic carbocycles. The van der Waals surface area contributed by atoms with Crippen LogP contribution in [0.25, 0.3) is 0 Å². The number of carbonyl (C=O) groups excluding carboxylic acids is 3. The topological polar surface area (TPSA) is 102 Å². The summed E-state index contributed by atoms with van der Waals surface area (Å²) in [7, 11) is 0. The zero-order chi connectivity index (χ0) is 27.1. The van der Waals surface area contributed by atoms with Gasteiger partial charge in [0.25, 0.3) is 5.91 Å². The predicted molar refractivity (Wildman–Crippen MR) is 130 cm³/mol. The molecule has 1 fully saturated rings. The van der Waals surface area contributed by atoms with Crippen LogP contribution >= 0.6 is 11.8 Å². The first-order chi connectivity index (χ1) is 16.6. The Hall–Kier alpha value is -3.41. The molecule has 1 aliphatic rings. The number of nitrogen functional groups attached to an aromatic ring is 1. The van der Waals surface area contributed by atoms with E-state index in [4.69, 9.17) is 15.2 Å². The summed E-state index contributed by atoms with van der Waals surface area (Å²) in [5.41, 5.74) is 1.66. The van der Waals surface area contributed by atoms with E-state index in [1.54, 1.807) is 27.0 Å². The molecular weight excluding hydrogens is 499 g/mol. The number of hydrogen-bond donors (Lipinski definition) is 1. The Morgan fingerprint density at radius 2 is 1.69 bits per heavy atom. The largest absolute Gasteiger partial charge is 0.514 e. The van der Waals surface area contributed by atoms with Crippen LogP contribution in [0.5, 0.6) is 5.75 Å². The highest BCUT2D eigenvalue weighted by Crippen LogP contribution is 2.43. The van der Waals surface area contributed by atoms with E-state index in [1.165, 1.54) is 53.9 Å². The molecule has 0 bridgehead atoms. The average molecular weight is 526 g/mol. The van der Waals surface area contributed by atoms with Crippen LogP contribution in [-0.2, 0) is 21.2 Å². The van der Waals surface area contributed by atoms with Crippen LogP contribution in [0.1, 0.15) is 38.8 Å². The van der Waals surface area contributed by atoms with Gasteiger partial charge in [-0.2, -0.15) is 13.2 Å². The quantitative estimate of drug-likeness (QED) is 0.234. The van der Waals surface area contributed by atoms with E-state index in [1.807, 2.05) is 0 Å². The first-order valence-electron chi connectivity index (χ1n) is 10.7. The number of alkyl halides is 3. The minimum atomic E-state index is -4.77. The van der Waals surface area contributed by atoms with Gasteiger partial charge in [-0.3, -0.25) is 9.69 Å². The lowest BCUT2D eigenvalue weighted by molar-refractivity contribution is -0.137. The number of benzene rings is 2.